The van der Waals surface area contributed by atoms with Gasteiger partial charge in [0.25, 0.3) is 0 Å². The molecule has 10 heteroatoms. The highest BCUT2D eigenvalue weighted by molar-refractivity contribution is 6.04. The van der Waals surface area contributed by atoms with Crippen LogP contribution in [-0.2, 0) is 18.0 Å². The van der Waals surface area contributed by atoms with Crippen molar-refractivity contribution in [1.82, 2.24) is 14.8 Å². The normalized spacial score (nSPS) is 11.5. The number of halogens is 3. The second-order valence-corrected chi connectivity index (χ2v) is 6.81. The van der Waals surface area contributed by atoms with Gasteiger partial charge in [0.15, 0.2) is 17.1 Å². The van der Waals surface area contributed by atoms with Gasteiger partial charge in [0, 0.05) is 17.8 Å². The average molecular weight is 443 g/mol. The minimum absolute atomic E-state index is 0.00205. The number of para-hydroxylation sites is 1. The molecule has 4 aromatic rings. The van der Waals surface area contributed by atoms with Crippen molar-refractivity contribution in [3.63, 3.8) is 0 Å². The van der Waals surface area contributed by atoms with Crippen LogP contribution in [-0.4, -0.2) is 33.0 Å². The Morgan fingerprint density at radius 1 is 1.03 bits per heavy atom. The first-order chi connectivity index (χ1) is 15.2. The van der Waals surface area contributed by atoms with E-state index in [1.165, 1.54) is 19.2 Å². The van der Waals surface area contributed by atoms with Crippen LogP contribution < -0.4 is 4.74 Å². The predicted molar refractivity (Wildman–Crippen MR) is 108 cm³/mol. The molecule has 0 saturated heterocycles. The predicted octanol–water partition coefficient (Wildman–Crippen LogP) is 4.94. The summed E-state index contributed by atoms with van der Waals surface area (Å²) < 4.78 is 51.1. The van der Waals surface area contributed by atoms with Crippen molar-refractivity contribution in [1.29, 1.82) is 0 Å². The highest BCUT2D eigenvalue weighted by atomic mass is 19.4. The van der Waals surface area contributed by atoms with Crippen molar-refractivity contribution in [2.45, 2.75) is 6.18 Å². The molecule has 2 aromatic carbocycles. The summed E-state index contributed by atoms with van der Waals surface area (Å²) in [5.41, 5.74) is -1.55. The third-order valence-electron chi connectivity index (χ3n) is 4.72. The molecule has 0 atom stereocenters. The van der Waals surface area contributed by atoms with Gasteiger partial charge in [-0.3, -0.25) is 4.68 Å². The molecule has 0 fully saturated rings. The zero-order chi connectivity index (χ0) is 23.0. The van der Waals surface area contributed by atoms with Crippen LogP contribution in [0.1, 0.15) is 16.2 Å². The van der Waals surface area contributed by atoms with Gasteiger partial charge in [0.1, 0.15) is 11.5 Å². The van der Waals surface area contributed by atoms with Gasteiger partial charge in [-0.1, -0.05) is 18.2 Å². The molecule has 164 valence electrons. The second-order valence-electron chi connectivity index (χ2n) is 6.81. The highest BCUT2D eigenvalue weighted by Crippen LogP contribution is 2.39. The molecule has 0 aliphatic heterocycles. The third-order valence-corrected chi connectivity index (χ3v) is 4.72. The Kier molecular flexibility index (Phi) is 5.21. The van der Waals surface area contributed by atoms with Crippen molar-refractivity contribution in [3.8, 4) is 28.6 Å². The SMILES string of the molecule is COC(=O)c1nc(-c2cc(C(F)(F)F)nn2C)c2cc(Oc3ccccc3)ccc2c1O. The largest absolute Gasteiger partial charge is 0.505 e. The molecule has 0 spiro atoms. The van der Waals surface area contributed by atoms with E-state index < -0.39 is 29.3 Å². The summed E-state index contributed by atoms with van der Waals surface area (Å²) in [6.45, 7) is 0. The van der Waals surface area contributed by atoms with E-state index in [2.05, 4.69) is 14.8 Å². The number of aromatic nitrogens is 3. The van der Waals surface area contributed by atoms with E-state index in [4.69, 9.17) is 4.74 Å². The summed E-state index contributed by atoms with van der Waals surface area (Å²) in [5, 5.41) is 14.6. The Hall–Kier alpha value is -4.08. The summed E-state index contributed by atoms with van der Waals surface area (Å²) in [5.74, 6) is -0.500. The molecule has 0 radical (unpaired) electrons. The minimum Gasteiger partial charge on any atom is -0.505 e. The van der Waals surface area contributed by atoms with Crippen LogP contribution in [0, 0.1) is 0 Å². The Bertz CT molecular complexity index is 1320. The van der Waals surface area contributed by atoms with Gasteiger partial charge in [-0.05, 0) is 36.4 Å². The number of aryl methyl sites for hydroxylation is 1. The molecule has 0 bridgehead atoms. The lowest BCUT2D eigenvalue weighted by Crippen LogP contribution is -2.07. The van der Waals surface area contributed by atoms with E-state index >= 15 is 0 Å². The van der Waals surface area contributed by atoms with E-state index in [-0.39, 0.29) is 22.2 Å². The molecule has 2 aromatic heterocycles. The Morgan fingerprint density at radius 3 is 2.38 bits per heavy atom. The number of aromatic hydroxyl groups is 1. The van der Waals surface area contributed by atoms with E-state index in [1.807, 2.05) is 6.07 Å². The lowest BCUT2D eigenvalue weighted by Gasteiger charge is -2.13. The fourth-order valence-corrected chi connectivity index (χ4v) is 3.23. The number of hydrogen-bond acceptors (Lipinski definition) is 6. The lowest BCUT2D eigenvalue weighted by molar-refractivity contribution is -0.141. The van der Waals surface area contributed by atoms with E-state index in [0.29, 0.717) is 11.5 Å². The van der Waals surface area contributed by atoms with Gasteiger partial charge in [-0.15, -0.1) is 0 Å². The van der Waals surface area contributed by atoms with Crippen LogP contribution in [0.15, 0.2) is 54.6 Å². The zero-order valence-electron chi connectivity index (χ0n) is 16.8. The van der Waals surface area contributed by atoms with Crippen LogP contribution in [0.4, 0.5) is 13.2 Å². The summed E-state index contributed by atoms with van der Waals surface area (Å²) in [6.07, 6.45) is -4.67. The van der Waals surface area contributed by atoms with Crippen LogP contribution in [0.25, 0.3) is 22.2 Å². The topological polar surface area (TPSA) is 86.5 Å². The minimum atomic E-state index is -4.67. The molecule has 4 rings (SSSR count). The number of methoxy groups -OCH3 is 1. The summed E-state index contributed by atoms with van der Waals surface area (Å²) in [7, 11) is 2.43. The molecule has 0 unspecified atom stereocenters. The molecule has 32 heavy (non-hydrogen) atoms. The van der Waals surface area contributed by atoms with Gasteiger partial charge in [-0.25, -0.2) is 9.78 Å². The van der Waals surface area contributed by atoms with Crippen molar-refractivity contribution in [3.05, 3.63) is 66.0 Å². The van der Waals surface area contributed by atoms with Crippen molar-refractivity contribution in [2.24, 2.45) is 7.05 Å². The second kappa shape index (κ2) is 7.88. The number of hydrogen-bond donors (Lipinski definition) is 1. The van der Waals surface area contributed by atoms with Crippen molar-refractivity contribution in [2.75, 3.05) is 7.11 Å². The number of carbonyl (C=O) groups is 1. The number of ether oxygens (including phenoxy) is 2. The number of esters is 1. The first-order valence-corrected chi connectivity index (χ1v) is 9.28. The maximum atomic E-state index is 13.2. The molecular formula is C22H16F3N3O4. The first kappa shape index (κ1) is 21.2. The van der Waals surface area contributed by atoms with E-state index in [0.717, 1.165) is 17.9 Å². The Labute approximate surface area is 179 Å². The molecule has 0 aliphatic rings. The molecule has 0 amide bonds. The fraction of sp³-hybridized carbons (Fsp3) is 0.136. The van der Waals surface area contributed by atoms with Crippen LogP contribution >= 0.6 is 0 Å². The summed E-state index contributed by atoms with van der Waals surface area (Å²) >= 11 is 0. The van der Waals surface area contributed by atoms with Gasteiger partial charge in [-0.2, -0.15) is 18.3 Å². The van der Waals surface area contributed by atoms with Gasteiger partial charge >= 0.3 is 12.1 Å². The van der Waals surface area contributed by atoms with Crippen LogP contribution in [0.3, 0.4) is 0 Å². The Morgan fingerprint density at radius 2 is 1.75 bits per heavy atom. The summed E-state index contributed by atoms with van der Waals surface area (Å²) in [6, 6.07) is 14.2. The molecular weight excluding hydrogens is 427 g/mol. The van der Waals surface area contributed by atoms with Crippen LogP contribution in [0.5, 0.6) is 17.2 Å². The standard InChI is InChI=1S/C22H16F3N3O4/c1-28-16(11-17(27-28)22(23,24)25)18-15-10-13(32-12-6-4-3-5-7-12)8-9-14(15)20(29)19(26-18)21(30)31-2/h3-11,29H,1-2H3. The monoisotopic (exact) mass is 443 g/mol. The molecule has 0 saturated carbocycles. The van der Waals surface area contributed by atoms with E-state index in [1.54, 1.807) is 30.3 Å². The van der Waals surface area contributed by atoms with Gasteiger partial charge < -0.3 is 14.6 Å². The average Bonchev–Trinajstić information content (AvgIpc) is 3.16. The number of carbonyl (C=O) groups excluding carboxylic acids is 1. The molecule has 7 nitrogen and oxygen atoms in total. The maximum Gasteiger partial charge on any atom is 0.435 e. The number of pyridine rings is 1. The maximum absolute atomic E-state index is 13.2. The van der Waals surface area contributed by atoms with Crippen LogP contribution in [0.2, 0.25) is 0 Å². The Balaban J connectivity index is 1.96. The fourth-order valence-electron chi connectivity index (χ4n) is 3.23. The number of rotatable bonds is 4. The number of fused-ring (bicyclic) bond motifs is 1. The first-order valence-electron chi connectivity index (χ1n) is 9.28. The number of nitrogens with zero attached hydrogens (tertiary/aromatic N) is 3. The molecule has 1 N–H and O–H groups in total. The lowest BCUT2D eigenvalue weighted by atomic mass is 10.0. The van der Waals surface area contributed by atoms with Gasteiger partial charge in [0.2, 0.25) is 0 Å². The number of alkyl halides is 3. The van der Waals surface area contributed by atoms with Crippen molar-refractivity contribution < 1.29 is 32.5 Å². The molecule has 2 heterocycles. The number of benzene rings is 2. The van der Waals surface area contributed by atoms with Gasteiger partial charge in [0.05, 0.1) is 18.5 Å². The quantitative estimate of drug-likeness (QED) is 0.450. The third kappa shape index (κ3) is 3.82. The highest BCUT2D eigenvalue weighted by Gasteiger charge is 2.35. The molecule has 0 aliphatic carbocycles. The zero-order valence-corrected chi connectivity index (χ0v) is 16.8. The summed E-state index contributed by atoms with van der Waals surface area (Å²) in [4.78, 5) is 16.3. The smallest absolute Gasteiger partial charge is 0.435 e. The van der Waals surface area contributed by atoms with Crippen molar-refractivity contribution >= 4 is 16.7 Å². The van der Waals surface area contributed by atoms with E-state index in [9.17, 15) is 23.1 Å².